The molecule has 1 aromatic rings. The van der Waals surface area contributed by atoms with Crippen LogP contribution in [-0.4, -0.2) is 28.8 Å². The topological polar surface area (TPSA) is 74.2 Å². The third kappa shape index (κ3) is 6.98. The third-order valence-electron chi connectivity index (χ3n) is 2.60. The number of aliphatic hydroxyl groups excluding tert-OH is 1. The van der Waals surface area contributed by atoms with E-state index in [1.807, 2.05) is 13.0 Å². The van der Waals surface area contributed by atoms with Gasteiger partial charge in [0.25, 0.3) is 0 Å². The summed E-state index contributed by atoms with van der Waals surface area (Å²) in [4.78, 5) is 15.5. The van der Waals surface area contributed by atoms with E-state index in [0.29, 0.717) is 24.7 Å². The highest BCUT2D eigenvalue weighted by Crippen LogP contribution is 2.05. The number of carbonyl (C=O) groups is 1. The van der Waals surface area contributed by atoms with Crippen molar-refractivity contribution in [3.05, 3.63) is 29.0 Å². The van der Waals surface area contributed by atoms with Crippen LogP contribution in [0.4, 0.5) is 4.79 Å². The van der Waals surface area contributed by atoms with Gasteiger partial charge >= 0.3 is 6.03 Å². The molecule has 6 heteroatoms. The molecule has 1 aromatic heterocycles. The maximum Gasteiger partial charge on any atom is 0.315 e. The lowest BCUT2D eigenvalue weighted by Crippen LogP contribution is -2.37. The molecule has 0 fully saturated rings. The molecule has 1 rings (SSSR count). The number of nitrogens with zero attached hydrogens (tertiary/aromatic N) is 1. The van der Waals surface area contributed by atoms with Crippen LogP contribution in [0.15, 0.2) is 18.3 Å². The van der Waals surface area contributed by atoms with Crippen molar-refractivity contribution in [1.29, 1.82) is 0 Å². The number of rotatable bonds is 6. The molecule has 1 heterocycles. The number of halogens is 1. The predicted octanol–water partition coefficient (Wildman–Crippen LogP) is 1.94. The predicted molar refractivity (Wildman–Crippen MR) is 74.9 cm³/mol. The molecule has 0 spiro atoms. The van der Waals surface area contributed by atoms with E-state index in [1.54, 1.807) is 19.2 Å². The van der Waals surface area contributed by atoms with Crippen molar-refractivity contribution >= 4 is 17.6 Å². The molecule has 0 aliphatic heterocycles. The summed E-state index contributed by atoms with van der Waals surface area (Å²) in [5, 5.41) is 15.1. The highest BCUT2D eigenvalue weighted by atomic mass is 35.5. The van der Waals surface area contributed by atoms with E-state index in [2.05, 4.69) is 15.6 Å². The summed E-state index contributed by atoms with van der Waals surface area (Å²) in [5.41, 5.74) is 0.886. The van der Waals surface area contributed by atoms with Gasteiger partial charge in [-0.05, 0) is 30.9 Å². The van der Waals surface area contributed by atoms with Crippen molar-refractivity contribution in [1.82, 2.24) is 15.6 Å². The van der Waals surface area contributed by atoms with Crippen LogP contribution in [0.3, 0.4) is 0 Å². The fourth-order valence-electron chi connectivity index (χ4n) is 1.69. The molecule has 106 valence electrons. The Labute approximate surface area is 118 Å². The van der Waals surface area contributed by atoms with Crippen LogP contribution < -0.4 is 10.6 Å². The summed E-state index contributed by atoms with van der Waals surface area (Å²) < 4.78 is 0. The molecule has 19 heavy (non-hydrogen) atoms. The Morgan fingerprint density at radius 3 is 2.74 bits per heavy atom. The van der Waals surface area contributed by atoms with Gasteiger partial charge in [0.2, 0.25) is 0 Å². The minimum atomic E-state index is -0.347. The summed E-state index contributed by atoms with van der Waals surface area (Å²) >= 11 is 5.67. The first-order chi connectivity index (χ1) is 8.97. The second-order valence-electron chi connectivity index (χ2n) is 4.74. The number of amides is 2. The number of hydrogen-bond acceptors (Lipinski definition) is 3. The Morgan fingerprint density at radius 1 is 1.42 bits per heavy atom. The summed E-state index contributed by atoms with van der Waals surface area (Å²) in [7, 11) is 0. The molecule has 0 aliphatic carbocycles. The number of pyridine rings is 1. The molecule has 2 unspecified atom stereocenters. The second-order valence-corrected chi connectivity index (χ2v) is 5.13. The molecule has 2 atom stereocenters. The zero-order valence-corrected chi connectivity index (χ0v) is 11.9. The third-order valence-corrected chi connectivity index (χ3v) is 2.82. The van der Waals surface area contributed by atoms with Crippen molar-refractivity contribution in [3.63, 3.8) is 0 Å². The van der Waals surface area contributed by atoms with Crippen LogP contribution in [0.5, 0.6) is 0 Å². The van der Waals surface area contributed by atoms with Crippen molar-refractivity contribution in [2.45, 2.75) is 32.9 Å². The Balaban J connectivity index is 2.22. The molecular weight excluding hydrogens is 266 g/mol. The number of nitrogens with one attached hydrogen (secondary N) is 2. The van der Waals surface area contributed by atoms with E-state index in [0.717, 1.165) is 5.56 Å². The molecule has 0 aromatic carbocycles. The SMILES string of the molecule is CC(O)CC(C)CNC(=O)NCc1ccc(Cl)nc1. The van der Waals surface area contributed by atoms with Crippen molar-refractivity contribution < 1.29 is 9.90 Å². The summed E-state index contributed by atoms with van der Waals surface area (Å²) in [6, 6.07) is 3.26. The Hall–Kier alpha value is -1.33. The van der Waals surface area contributed by atoms with E-state index in [-0.39, 0.29) is 18.1 Å². The zero-order valence-electron chi connectivity index (χ0n) is 11.2. The number of urea groups is 1. The van der Waals surface area contributed by atoms with E-state index in [1.165, 1.54) is 0 Å². The van der Waals surface area contributed by atoms with Crippen LogP contribution in [0.25, 0.3) is 0 Å². The van der Waals surface area contributed by atoms with Gasteiger partial charge in [0.15, 0.2) is 0 Å². The van der Waals surface area contributed by atoms with Crippen molar-refractivity contribution in [2.75, 3.05) is 6.54 Å². The first-order valence-electron chi connectivity index (χ1n) is 6.27. The van der Waals surface area contributed by atoms with E-state index < -0.39 is 0 Å². The Morgan fingerprint density at radius 2 is 2.16 bits per heavy atom. The molecule has 5 nitrogen and oxygen atoms in total. The maximum absolute atomic E-state index is 11.5. The minimum Gasteiger partial charge on any atom is -0.393 e. The van der Waals surface area contributed by atoms with Gasteiger partial charge in [-0.2, -0.15) is 0 Å². The fourth-order valence-corrected chi connectivity index (χ4v) is 1.80. The number of carbonyl (C=O) groups excluding carboxylic acids is 1. The molecule has 3 N–H and O–H groups in total. The van der Waals surface area contributed by atoms with Crippen LogP contribution >= 0.6 is 11.6 Å². The number of aliphatic hydroxyl groups is 1. The number of aromatic nitrogens is 1. The van der Waals surface area contributed by atoms with Crippen LogP contribution in [0, 0.1) is 5.92 Å². The zero-order chi connectivity index (χ0) is 14.3. The lowest BCUT2D eigenvalue weighted by molar-refractivity contribution is 0.163. The van der Waals surface area contributed by atoms with Gasteiger partial charge in [0, 0.05) is 19.3 Å². The Bertz CT molecular complexity index is 395. The standard InChI is InChI=1S/C13H20ClN3O2/c1-9(5-10(2)18)6-16-13(19)17-8-11-3-4-12(14)15-7-11/h3-4,7,9-10,18H,5-6,8H2,1-2H3,(H2,16,17,19). The van der Waals surface area contributed by atoms with Gasteiger partial charge in [-0.1, -0.05) is 24.6 Å². The largest absolute Gasteiger partial charge is 0.393 e. The highest BCUT2D eigenvalue weighted by molar-refractivity contribution is 6.29. The normalized spacial score (nSPS) is 13.7. The van der Waals surface area contributed by atoms with E-state index in [9.17, 15) is 9.90 Å². The maximum atomic E-state index is 11.5. The van der Waals surface area contributed by atoms with E-state index >= 15 is 0 Å². The van der Waals surface area contributed by atoms with Crippen LogP contribution in [0.2, 0.25) is 5.15 Å². The molecule has 0 aliphatic rings. The van der Waals surface area contributed by atoms with Gasteiger partial charge in [-0.15, -0.1) is 0 Å². The molecule has 0 bridgehead atoms. The van der Waals surface area contributed by atoms with Gasteiger partial charge in [0.05, 0.1) is 6.10 Å². The molecule has 0 saturated carbocycles. The monoisotopic (exact) mass is 285 g/mol. The van der Waals surface area contributed by atoms with Crippen LogP contribution in [0.1, 0.15) is 25.8 Å². The first-order valence-corrected chi connectivity index (χ1v) is 6.65. The smallest absolute Gasteiger partial charge is 0.315 e. The van der Waals surface area contributed by atoms with E-state index in [4.69, 9.17) is 11.6 Å². The van der Waals surface area contributed by atoms with Crippen molar-refractivity contribution in [2.24, 2.45) is 5.92 Å². The summed E-state index contributed by atoms with van der Waals surface area (Å²) in [5.74, 6) is 0.239. The number of hydrogen-bond donors (Lipinski definition) is 3. The summed E-state index contributed by atoms with van der Waals surface area (Å²) in [6.45, 7) is 4.66. The van der Waals surface area contributed by atoms with Gasteiger partial charge in [0.1, 0.15) is 5.15 Å². The Kier molecular flexibility index (Phi) is 6.59. The highest BCUT2D eigenvalue weighted by Gasteiger charge is 2.08. The lowest BCUT2D eigenvalue weighted by Gasteiger charge is -2.14. The van der Waals surface area contributed by atoms with Gasteiger partial charge < -0.3 is 15.7 Å². The van der Waals surface area contributed by atoms with Gasteiger partial charge in [-0.25, -0.2) is 9.78 Å². The second kappa shape index (κ2) is 7.96. The molecule has 0 radical (unpaired) electrons. The quantitative estimate of drug-likeness (QED) is 0.699. The van der Waals surface area contributed by atoms with Gasteiger partial charge in [-0.3, -0.25) is 0 Å². The van der Waals surface area contributed by atoms with Crippen molar-refractivity contribution in [3.8, 4) is 0 Å². The minimum absolute atomic E-state index is 0.229. The molecular formula is C13H20ClN3O2. The lowest BCUT2D eigenvalue weighted by atomic mass is 10.1. The first kappa shape index (κ1) is 15.7. The average molecular weight is 286 g/mol. The van der Waals surface area contributed by atoms with Crippen LogP contribution in [-0.2, 0) is 6.54 Å². The molecule has 2 amide bonds. The average Bonchev–Trinajstić information content (AvgIpc) is 2.35. The fraction of sp³-hybridized carbons (Fsp3) is 0.538. The molecule has 0 saturated heterocycles. The summed E-state index contributed by atoms with van der Waals surface area (Å²) in [6.07, 6.45) is 1.94.